The van der Waals surface area contributed by atoms with E-state index in [1.54, 1.807) is 7.05 Å². The first kappa shape index (κ1) is 31.0. The van der Waals surface area contributed by atoms with E-state index in [-0.39, 0.29) is 57.1 Å². The fraction of sp³-hybridized carbons (Fsp3) is 0.758. The number of nitrogens with one attached hydrogen (secondary N) is 2. The highest BCUT2D eigenvalue weighted by Gasteiger charge is 2.70. The molecule has 0 aromatic rings. The van der Waals surface area contributed by atoms with Gasteiger partial charge in [0.2, 0.25) is 5.96 Å². The van der Waals surface area contributed by atoms with Gasteiger partial charge in [-0.05, 0) is 79.1 Å². The quantitative estimate of drug-likeness (QED) is 0.336. The molecule has 0 radical (unpaired) electrons. The molecule has 42 heavy (non-hydrogen) atoms. The first-order chi connectivity index (χ1) is 19.2. The minimum atomic E-state index is -3.63. The second-order valence-electron chi connectivity index (χ2n) is 16.0. The van der Waals surface area contributed by atoms with Crippen molar-refractivity contribution in [2.45, 2.75) is 99.0 Å². The van der Waals surface area contributed by atoms with Crippen LogP contribution < -0.4 is 10.6 Å². The lowest BCUT2D eigenvalue weighted by atomic mass is 9.35. The van der Waals surface area contributed by atoms with E-state index in [0.717, 1.165) is 56.8 Å². The first-order valence-corrected chi connectivity index (χ1v) is 17.2. The lowest BCUT2D eigenvalue weighted by Gasteiger charge is -2.69. The Morgan fingerprint density at radius 2 is 1.67 bits per heavy atom. The number of carbonyl (C=O) groups excluding carboxylic acids is 2. The van der Waals surface area contributed by atoms with E-state index in [1.165, 1.54) is 0 Å². The number of ketones is 2. The Labute approximate surface area is 251 Å². The Bertz CT molecular complexity index is 1480. The maximum atomic E-state index is 14.6. The van der Waals surface area contributed by atoms with Crippen molar-refractivity contribution in [1.29, 1.82) is 5.26 Å². The Hall–Kier alpha value is -2.47. The fourth-order valence-corrected chi connectivity index (χ4v) is 10.9. The molecule has 5 aliphatic carbocycles. The van der Waals surface area contributed by atoms with Crippen LogP contribution in [0.2, 0.25) is 0 Å². The average molecular weight is 597 g/mol. The summed E-state index contributed by atoms with van der Waals surface area (Å²) in [5, 5.41) is 16.4. The molecule has 5 aliphatic rings. The number of nitriles is 1. The summed E-state index contributed by atoms with van der Waals surface area (Å²) >= 11 is 0. The molecule has 0 saturated heterocycles. The van der Waals surface area contributed by atoms with Gasteiger partial charge in [-0.15, -0.1) is 4.40 Å². The molecule has 0 aromatic heterocycles. The molecule has 0 amide bonds. The van der Waals surface area contributed by atoms with Crippen LogP contribution in [0.15, 0.2) is 27.7 Å². The molecule has 8 nitrogen and oxygen atoms in total. The van der Waals surface area contributed by atoms with E-state index >= 15 is 0 Å². The van der Waals surface area contributed by atoms with E-state index in [2.05, 4.69) is 55.7 Å². The molecule has 0 bridgehead atoms. The molecule has 7 atom stereocenters. The summed E-state index contributed by atoms with van der Waals surface area (Å²) in [5.41, 5.74) is -1.05. The summed E-state index contributed by atoms with van der Waals surface area (Å²) < 4.78 is 28.2. The molecule has 0 spiro atoms. The summed E-state index contributed by atoms with van der Waals surface area (Å²) in [6.45, 7) is 15.2. The van der Waals surface area contributed by atoms with Gasteiger partial charge in [0.15, 0.2) is 11.6 Å². The monoisotopic (exact) mass is 596 g/mol. The van der Waals surface area contributed by atoms with Crippen LogP contribution in [0.3, 0.4) is 0 Å². The Balaban J connectivity index is 1.67. The van der Waals surface area contributed by atoms with E-state index in [4.69, 9.17) is 0 Å². The van der Waals surface area contributed by atoms with Crippen molar-refractivity contribution in [3.63, 3.8) is 0 Å². The van der Waals surface area contributed by atoms with E-state index in [9.17, 15) is 23.3 Å². The average Bonchev–Trinajstić information content (AvgIpc) is 2.87. The van der Waals surface area contributed by atoms with Crippen molar-refractivity contribution in [2.24, 2.45) is 49.2 Å². The van der Waals surface area contributed by atoms with Crippen molar-refractivity contribution >= 4 is 27.5 Å². The van der Waals surface area contributed by atoms with Gasteiger partial charge in [-0.2, -0.15) is 5.26 Å². The number of guanidine groups is 1. The zero-order valence-corrected chi connectivity index (χ0v) is 27.6. The molecule has 0 aromatic carbocycles. The summed E-state index contributed by atoms with van der Waals surface area (Å²) in [6, 6.07) is 2.17. The lowest BCUT2D eigenvalue weighted by molar-refractivity contribution is -0.160. The number of allylic oxidation sites excluding steroid dienone is 4. The van der Waals surface area contributed by atoms with Gasteiger partial charge in [-0.25, -0.2) is 8.42 Å². The summed E-state index contributed by atoms with van der Waals surface area (Å²) in [4.78, 5) is 27.9. The second-order valence-corrected chi connectivity index (χ2v) is 17.6. The van der Waals surface area contributed by atoms with Crippen LogP contribution in [0.1, 0.15) is 93.4 Å². The number of hydrogen-bond acceptors (Lipinski definition) is 5. The molecule has 3 fully saturated rings. The molecule has 3 saturated carbocycles. The van der Waals surface area contributed by atoms with Gasteiger partial charge in [0, 0.05) is 29.3 Å². The van der Waals surface area contributed by atoms with Crippen LogP contribution in [0.25, 0.3) is 0 Å². The molecule has 0 heterocycles. The van der Waals surface area contributed by atoms with Crippen LogP contribution in [-0.4, -0.2) is 44.8 Å². The first-order valence-electron chi connectivity index (χ1n) is 15.4. The summed E-state index contributed by atoms with van der Waals surface area (Å²) in [5.74, 6) is -0.00958. The topological polar surface area (TPSA) is 128 Å². The van der Waals surface area contributed by atoms with Gasteiger partial charge in [0.05, 0.1) is 11.8 Å². The Morgan fingerprint density at radius 3 is 2.26 bits per heavy atom. The number of Topliss-reactive ketones (excluding diaryl/α,β-unsaturated/α-hetero) is 1. The highest BCUT2D eigenvalue weighted by atomic mass is 32.2. The van der Waals surface area contributed by atoms with Crippen molar-refractivity contribution < 1.29 is 18.0 Å². The molecule has 230 valence electrons. The Morgan fingerprint density at radius 1 is 1.02 bits per heavy atom. The van der Waals surface area contributed by atoms with Gasteiger partial charge in [-0.1, -0.05) is 60.1 Å². The third-order valence-electron chi connectivity index (χ3n) is 12.7. The summed E-state index contributed by atoms with van der Waals surface area (Å²) in [7, 11) is -1.96. The molecule has 2 N–H and O–H groups in total. The van der Waals surface area contributed by atoms with E-state index in [1.807, 2.05) is 26.0 Å². The molecule has 0 unspecified atom stereocenters. The van der Waals surface area contributed by atoms with Gasteiger partial charge in [-0.3, -0.25) is 9.59 Å². The maximum Gasteiger partial charge on any atom is 0.253 e. The van der Waals surface area contributed by atoms with Crippen molar-refractivity contribution in [1.82, 2.24) is 10.6 Å². The number of fused-ring (bicyclic) bond motifs is 7. The van der Waals surface area contributed by atoms with Crippen molar-refractivity contribution in [3.05, 3.63) is 23.3 Å². The van der Waals surface area contributed by atoms with Crippen LogP contribution in [0.5, 0.6) is 0 Å². The largest absolute Gasteiger partial charge is 0.359 e. The van der Waals surface area contributed by atoms with E-state index < -0.39 is 26.4 Å². The van der Waals surface area contributed by atoms with Crippen molar-refractivity contribution in [3.8, 4) is 6.07 Å². The Kier molecular flexibility index (Phi) is 6.83. The number of rotatable bonds is 2. The standard InChI is InChI=1S/C33H48N4O4S/c1-28(2)12-14-33(36-27(35-8)37-42(9,40)41)15-13-32(7)25(21(33)18-28)22(38)16-24-30(5)17-20(19-34)26(39)29(3,4)23(30)10-11-31(24,32)6/h16-17,21,23,25H,10-15,18H2,1-9H3,(H2,35,36,37)/t21-,23-,25-,30-,31+,32+,33-/m0/s1. The molecular weight excluding hydrogens is 548 g/mol. The maximum absolute atomic E-state index is 14.6. The van der Waals surface area contributed by atoms with Gasteiger partial charge < -0.3 is 10.6 Å². The zero-order valence-electron chi connectivity index (χ0n) is 26.8. The van der Waals surface area contributed by atoms with Crippen molar-refractivity contribution in [2.75, 3.05) is 13.3 Å². The number of sulfonamides is 1. The van der Waals surface area contributed by atoms with Crippen LogP contribution in [-0.2, 0) is 19.6 Å². The van der Waals surface area contributed by atoms with Crippen LogP contribution in [0, 0.1) is 56.2 Å². The molecule has 0 aliphatic heterocycles. The predicted molar refractivity (Wildman–Crippen MR) is 164 cm³/mol. The zero-order chi connectivity index (χ0) is 31.3. The van der Waals surface area contributed by atoms with Gasteiger partial charge in [0.25, 0.3) is 10.0 Å². The minimum absolute atomic E-state index is 0.00484. The SMILES string of the molecule is CN/C(=N\S(C)(=O)=O)N[C@]12CCC(C)(C)C[C@H]1[C@H]1C(=O)C=C3[C@@]4(C)C=C(C#N)C(=O)C(C)(C)[C@@H]4CC[C@@]3(C)[C@]1(C)CC2. The van der Waals surface area contributed by atoms with Crippen LogP contribution >= 0.6 is 0 Å². The number of hydrogen-bond donors (Lipinski definition) is 2. The molecule has 9 heteroatoms. The fourth-order valence-electron chi connectivity index (χ4n) is 10.4. The number of carbonyl (C=O) groups is 2. The lowest BCUT2D eigenvalue weighted by Crippen LogP contribution is -2.70. The molecular formula is C33H48N4O4S. The predicted octanol–water partition coefficient (Wildman–Crippen LogP) is 5.08. The van der Waals surface area contributed by atoms with E-state index in [0.29, 0.717) is 0 Å². The third kappa shape index (κ3) is 4.25. The summed E-state index contributed by atoms with van der Waals surface area (Å²) in [6.07, 6.45) is 10.8. The normalized spacial score (nSPS) is 42.5. The third-order valence-corrected chi connectivity index (χ3v) is 13.2. The van der Waals surface area contributed by atoms with Crippen LogP contribution in [0.4, 0.5) is 0 Å². The minimum Gasteiger partial charge on any atom is -0.359 e. The highest BCUT2D eigenvalue weighted by Crippen LogP contribution is 2.73. The van der Waals surface area contributed by atoms with Gasteiger partial charge in [0.1, 0.15) is 6.07 Å². The smallest absolute Gasteiger partial charge is 0.253 e. The molecule has 5 rings (SSSR count). The number of nitrogens with zero attached hydrogens (tertiary/aromatic N) is 2. The van der Waals surface area contributed by atoms with Gasteiger partial charge >= 0.3 is 0 Å². The second kappa shape index (κ2) is 9.27. The highest BCUT2D eigenvalue weighted by molar-refractivity contribution is 7.89.